The van der Waals surface area contributed by atoms with E-state index in [-0.39, 0.29) is 11.4 Å². The number of alkyl halides is 3. The Bertz CT molecular complexity index is 1030. The van der Waals surface area contributed by atoms with Gasteiger partial charge in [0.1, 0.15) is 5.82 Å². The number of amidine groups is 1. The fraction of sp³-hybridized carbons (Fsp3) is 0.200. The Morgan fingerprint density at radius 1 is 1.03 bits per heavy atom. The molecule has 0 saturated heterocycles. The minimum absolute atomic E-state index is 0.106. The van der Waals surface area contributed by atoms with E-state index in [9.17, 15) is 22.7 Å². The standard InChI is InChI=1S/C20H15F4N3OS/c1-12-2-4-13(5-3-12)16-10-19(28,20(22,23)24)18-25-17(11-29-27(18)26-16)14-6-8-15(21)9-7-14/h2-9,11,28H,10H2,1H3/t19-/m1/s1. The summed E-state index contributed by atoms with van der Waals surface area (Å²) in [5.41, 5.74) is -1.03. The molecule has 2 aliphatic heterocycles. The van der Waals surface area contributed by atoms with Crippen LogP contribution in [0.2, 0.25) is 0 Å². The van der Waals surface area contributed by atoms with E-state index in [1.807, 2.05) is 6.92 Å². The van der Waals surface area contributed by atoms with Crippen molar-refractivity contribution in [3.63, 3.8) is 0 Å². The molecule has 2 heterocycles. The molecule has 0 bridgehead atoms. The zero-order chi connectivity index (χ0) is 20.8. The summed E-state index contributed by atoms with van der Waals surface area (Å²) in [6.45, 7) is 1.87. The maximum Gasteiger partial charge on any atom is 0.425 e. The average molecular weight is 421 g/mol. The largest absolute Gasteiger partial charge is 0.425 e. The first-order valence-corrected chi connectivity index (χ1v) is 9.47. The summed E-state index contributed by atoms with van der Waals surface area (Å²) in [6, 6.07) is 12.1. The highest BCUT2D eigenvalue weighted by Crippen LogP contribution is 2.44. The van der Waals surface area contributed by atoms with Gasteiger partial charge in [0.2, 0.25) is 5.60 Å². The summed E-state index contributed by atoms with van der Waals surface area (Å²) in [4.78, 5) is 4.05. The monoisotopic (exact) mass is 421 g/mol. The summed E-state index contributed by atoms with van der Waals surface area (Å²) in [5, 5.41) is 16.5. The van der Waals surface area contributed by atoms with Crippen molar-refractivity contribution in [2.24, 2.45) is 10.1 Å². The van der Waals surface area contributed by atoms with Crippen LogP contribution in [0, 0.1) is 12.7 Å². The molecule has 0 amide bonds. The van der Waals surface area contributed by atoms with Crippen LogP contribution in [-0.4, -0.2) is 32.8 Å². The number of benzene rings is 2. The molecular weight excluding hydrogens is 406 g/mol. The number of nitrogens with zero attached hydrogens (tertiary/aromatic N) is 3. The molecule has 2 aromatic rings. The number of fused-ring (bicyclic) bond motifs is 1. The predicted molar refractivity (Wildman–Crippen MR) is 105 cm³/mol. The molecule has 4 rings (SSSR count). The van der Waals surface area contributed by atoms with Gasteiger partial charge in [0.25, 0.3) is 0 Å². The Hall–Kier alpha value is -2.65. The van der Waals surface area contributed by atoms with Crippen molar-refractivity contribution in [3.05, 3.63) is 76.4 Å². The minimum atomic E-state index is -4.97. The van der Waals surface area contributed by atoms with Gasteiger partial charge < -0.3 is 5.11 Å². The molecule has 2 aliphatic rings. The highest BCUT2D eigenvalue weighted by atomic mass is 32.2. The van der Waals surface area contributed by atoms with Gasteiger partial charge in [-0.25, -0.2) is 9.38 Å². The van der Waals surface area contributed by atoms with E-state index in [4.69, 9.17) is 0 Å². The van der Waals surface area contributed by atoms with Gasteiger partial charge in [-0.15, -0.1) is 0 Å². The number of aliphatic hydroxyl groups is 1. The van der Waals surface area contributed by atoms with E-state index in [0.717, 1.165) is 21.9 Å². The van der Waals surface area contributed by atoms with Crippen LogP contribution in [0.1, 0.15) is 23.1 Å². The van der Waals surface area contributed by atoms with Gasteiger partial charge >= 0.3 is 6.18 Å². The van der Waals surface area contributed by atoms with Crippen molar-refractivity contribution < 1.29 is 22.7 Å². The van der Waals surface area contributed by atoms with Gasteiger partial charge in [0, 0.05) is 29.3 Å². The van der Waals surface area contributed by atoms with Crippen LogP contribution in [0.5, 0.6) is 0 Å². The molecule has 9 heteroatoms. The lowest BCUT2D eigenvalue weighted by molar-refractivity contribution is -0.230. The number of rotatable bonds is 2. The van der Waals surface area contributed by atoms with Crippen LogP contribution in [-0.2, 0) is 0 Å². The van der Waals surface area contributed by atoms with Gasteiger partial charge in [0.05, 0.1) is 11.4 Å². The molecule has 0 radical (unpaired) electrons. The van der Waals surface area contributed by atoms with Gasteiger partial charge in [-0.1, -0.05) is 29.8 Å². The lowest BCUT2D eigenvalue weighted by atomic mass is 9.89. The normalized spacial score (nSPS) is 21.9. The first-order valence-electron chi connectivity index (χ1n) is 8.63. The smallest absolute Gasteiger partial charge is 0.374 e. The Morgan fingerprint density at radius 2 is 1.66 bits per heavy atom. The summed E-state index contributed by atoms with van der Waals surface area (Å²) < 4.78 is 56.0. The van der Waals surface area contributed by atoms with Crippen LogP contribution >= 0.6 is 11.9 Å². The van der Waals surface area contributed by atoms with Crippen molar-refractivity contribution in [2.75, 3.05) is 0 Å². The highest BCUT2D eigenvalue weighted by Gasteiger charge is 2.62. The van der Waals surface area contributed by atoms with Crippen molar-refractivity contribution in [2.45, 2.75) is 25.1 Å². The number of halogens is 4. The van der Waals surface area contributed by atoms with Crippen LogP contribution in [0.15, 0.2) is 64.0 Å². The predicted octanol–water partition coefficient (Wildman–Crippen LogP) is 4.90. The summed E-state index contributed by atoms with van der Waals surface area (Å²) in [5.74, 6) is -1.09. The van der Waals surface area contributed by atoms with E-state index in [1.165, 1.54) is 29.7 Å². The van der Waals surface area contributed by atoms with Crippen LogP contribution in [0.4, 0.5) is 17.6 Å². The molecule has 4 nitrogen and oxygen atoms in total. The third-order valence-corrected chi connectivity index (χ3v) is 5.45. The topological polar surface area (TPSA) is 48.2 Å². The second-order valence-electron chi connectivity index (χ2n) is 6.77. The average Bonchev–Trinajstić information content (AvgIpc) is 2.68. The van der Waals surface area contributed by atoms with Crippen molar-refractivity contribution >= 4 is 29.2 Å². The summed E-state index contributed by atoms with van der Waals surface area (Å²) >= 11 is 0.873. The van der Waals surface area contributed by atoms with Gasteiger partial charge in [0.15, 0.2) is 5.84 Å². The Balaban J connectivity index is 1.78. The van der Waals surface area contributed by atoms with E-state index < -0.39 is 29.9 Å². The van der Waals surface area contributed by atoms with E-state index >= 15 is 0 Å². The third-order valence-electron chi connectivity index (χ3n) is 4.67. The molecule has 0 saturated carbocycles. The molecule has 1 atom stereocenters. The van der Waals surface area contributed by atoms with Crippen LogP contribution in [0.3, 0.4) is 0 Å². The summed E-state index contributed by atoms with van der Waals surface area (Å²) in [6.07, 6.45) is -5.73. The third kappa shape index (κ3) is 3.56. The molecule has 0 aliphatic carbocycles. The van der Waals surface area contributed by atoms with Gasteiger partial charge in [-0.2, -0.15) is 22.7 Å². The number of aliphatic imine (C=N–C) groups is 1. The van der Waals surface area contributed by atoms with Crippen LogP contribution < -0.4 is 0 Å². The zero-order valence-corrected chi connectivity index (χ0v) is 15.9. The lowest BCUT2D eigenvalue weighted by Gasteiger charge is -2.40. The summed E-state index contributed by atoms with van der Waals surface area (Å²) in [7, 11) is 0. The second-order valence-corrected chi connectivity index (χ2v) is 7.56. The lowest BCUT2D eigenvalue weighted by Crippen LogP contribution is -2.59. The molecule has 150 valence electrons. The second kappa shape index (κ2) is 7.00. The highest BCUT2D eigenvalue weighted by molar-refractivity contribution is 8.00. The Labute approximate surface area is 168 Å². The van der Waals surface area contributed by atoms with Crippen molar-refractivity contribution in [1.82, 2.24) is 4.41 Å². The van der Waals surface area contributed by atoms with Crippen molar-refractivity contribution in [3.8, 4) is 0 Å². The molecule has 0 spiro atoms. The Morgan fingerprint density at radius 3 is 2.28 bits per heavy atom. The number of hydrogen-bond donors (Lipinski definition) is 1. The molecule has 2 aromatic carbocycles. The van der Waals surface area contributed by atoms with Crippen LogP contribution in [0.25, 0.3) is 5.70 Å². The molecule has 0 unspecified atom stereocenters. The van der Waals surface area contributed by atoms with Gasteiger partial charge in [-0.05, 0) is 36.8 Å². The molecule has 1 N–H and O–H groups in total. The number of aryl methyl sites for hydroxylation is 1. The quantitative estimate of drug-likeness (QED) is 0.555. The number of hydrogen-bond acceptors (Lipinski definition) is 5. The maximum absolute atomic E-state index is 13.9. The fourth-order valence-corrected chi connectivity index (χ4v) is 3.83. The number of hydrazone groups is 1. The molecule has 29 heavy (non-hydrogen) atoms. The van der Waals surface area contributed by atoms with E-state index in [0.29, 0.717) is 11.1 Å². The molecule has 0 fully saturated rings. The molecular formula is C20H15F4N3OS. The Kier molecular flexibility index (Phi) is 4.74. The van der Waals surface area contributed by atoms with Gasteiger partial charge in [-0.3, -0.25) is 0 Å². The zero-order valence-electron chi connectivity index (χ0n) is 15.1. The van der Waals surface area contributed by atoms with Crippen molar-refractivity contribution in [1.29, 1.82) is 0 Å². The van der Waals surface area contributed by atoms with E-state index in [2.05, 4.69) is 10.1 Å². The fourth-order valence-electron chi connectivity index (χ4n) is 3.01. The molecule has 0 aromatic heterocycles. The van der Waals surface area contributed by atoms with E-state index in [1.54, 1.807) is 24.3 Å². The SMILES string of the molecule is Cc1ccc(C2=NN3SC=C(c4ccc(F)cc4)N=C3[C@@](O)(C(F)(F)F)C2)cc1. The maximum atomic E-state index is 13.9. The minimum Gasteiger partial charge on any atom is -0.374 e. The first-order chi connectivity index (χ1) is 13.7. The first kappa shape index (κ1) is 19.7.